The number of para-hydroxylation sites is 1. The quantitative estimate of drug-likeness (QED) is 0.127. The highest BCUT2D eigenvalue weighted by molar-refractivity contribution is 14.0. The van der Waals surface area contributed by atoms with Crippen molar-refractivity contribution in [3.05, 3.63) is 69.8 Å². The van der Waals surface area contributed by atoms with Crippen LogP contribution in [0.4, 0.5) is 5.69 Å². The van der Waals surface area contributed by atoms with Gasteiger partial charge < -0.3 is 15.4 Å². The lowest BCUT2D eigenvalue weighted by atomic mass is 10.0. The van der Waals surface area contributed by atoms with E-state index in [0.717, 1.165) is 48.0 Å². The van der Waals surface area contributed by atoms with Crippen LogP contribution in [-0.4, -0.2) is 36.0 Å². The Kier molecular flexibility index (Phi) is 10.2. The first-order chi connectivity index (χ1) is 14.2. The number of ether oxygens (including phenoxy) is 1. The van der Waals surface area contributed by atoms with Crippen LogP contribution in [0.3, 0.4) is 0 Å². The Morgan fingerprint density at radius 3 is 2.77 bits per heavy atom. The number of hydrogen-bond acceptors (Lipinski definition) is 5. The molecule has 0 bridgehead atoms. The highest BCUT2D eigenvalue weighted by Gasteiger charge is 2.21. The van der Waals surface area contributed by atoms with Crippen LogP contribution in [0.15, 0.2) is 53.5 Å². The molecular formula is C21H27IN4O3S. The Bertz CT molecular complexity index is 848. The maximum atomic E-state index is 10.8. The van der Waals surface area contributed by atoms with Gasteiger partial charge in [-0.3, -0.25) is 10.1 Å². The van der Waals surface area contributed by atoms with Crippen molar-refractivity contribution in [2.45, 2.75) is 25.4 Å². The van der Waals surface area contributed by atoms with E-state index in [-0.39, 0.29) is 35.7 Å². The number of non-ortho nitro benzene ring substituents is 1. The molecule has 1 unspecified atom stereocenters. The van der Waals surface area contributed by atoms with Crippen LogP contribution in [0.2, 0.25) is 0 Å². The summed E-state index contributed by atoms with van der Waals surface area (Å²) in [6.45, 7) is 1.94. The van der Waals surface area contributed by atoms with Gasteiger partial charge in [-0.05, 0) is 30.1 Å². The summed E-state index contributed by atoms with van der Waals surface area (Å²) >= 11 is 1.82. The minimum absolute atomic E-state index is 0. The van der Waals surface area contributed by atoms with Crippen molar-refractivity contribution in [2.75, 3.05) is 25.2 Å². The largest absolute Gasteiger partial charge is 0.493 e. The average molecular weight is 542 g/mol. The molecule has 0 spiro atoms. The van der Waals surface area contributed by atoms with Gasteiger partial charge in [0.15, 0.2) is 5.96 Å². The van der Waals surface area contributed by atoms with Crippen LogP contribution in [0.5, 0.6) is 5.75 Å². The molecule has 0 saturated heterocycles. The summed E-state index contributed by atoms with van der Waals surface area (Å²) in [5.74, 6) is 2.74. The Balaban J connectivity index is 0.00000320. The van der Waals surface area contributed by atoms with Gasteiger partial charge in [0.1, 0.15) is 5.75 Å². The third-order valence-electron chi connectivity index (χ3n) is 4.65. The highest BCUT2D eigenvalue weighted by atomic mass is 127. The zero-order valence-corrected chi connectivity index (χ0v) is 20.0. The Hall–Kier alpha value is -2.01. The van der Waals surface area contributed by atoms with Crippen LogP contribution in [-0.2, 0) is 6.54 Å². The van der Waals surface area contributed by atoms with Crippen molar-refractivity contribution in [1.29, 1.82) is 0 Å². The van der Waals surface area contributed by atoms with Gasteiger partial charge in [0, 0.05) is 30.7 Å². The summed E-state index contributed by atoms with van der Waals surface area (Å²) in [5, 5.41) is 17.8. The number of aliphatic imine (C=N–C) groups is 1. The number of nitrogens with one attached hydrogen (secondary N) is 2. The molecule has 1 aliphatic heterocycles. The van der Waals surface area contributed by atoms with E-state index in [9.17, 15) is 10.1 Å². The molecule has 1 aliphatic rings. The summed E-state index contributed by atoms with van der Waals surface area (Å²) in [4.78, 5) is 15.1. The molecule has 0 aromatic heterocycles. The summed E-state index contributed by atoms with van der Waals surface area (Å²) in [5.41, 5.74) is 2.14. The summed E-state index contributed by atoms with van der Waals surface area (Å²) in [6, 6.07) is 14.7. The van der Waals surface area contributed by atoms with Gasteiger partial charge in [0.2, 0.25) is 0 Å². The van der Waals surface area contributed by atoms with Gasteiger partial charge in [-0.1, -0.05) is 30.3 Å². The molecule has 7 nitrogen and oxygen atoms in total. The lowest BCUT2D eigenvalue weighted by Crippen LogP contribution is -2.41. The molecule has 0 aliphatic carbocycles. The van der Waals surface area contributed by atoms with Gasteiger partial charge in [-0.15, -0.1) is 24.0 Å². The Labute approximate surface area is 198 Å². The van der Waals surface area contributed by atoms with Crippen molar-refractivity contribution in [3.63, 3.8) is 0 Å². The molecule has 3 rings (SSSR count). The van der Waals surface area contributed by atoms with E-state index in [0.29, 0.717) is 13.2 Å². The third kappa shape index (κ3) is 7.05. The zero-order chi connectivity index (χ0) is 20.5. The molecule has 0 radical (unpaired) electrons. The summed E-state index contributed by atoms with van der Waals surface area (Å²) in [6.07, 6.45) is 4.00. The molecule has 0 fully saturated rings. The number of halogens is 1. The number of benzene rings is 2. The van der Waals surface area contributed by atoms with E-state index < -0.39 is 4.92 Å². The van der Waals surface area contributed by atoms with Gasteiger partial charge in [0.05, 0.1) is 24.1 Å². The van der Waals surface area contributed by atoms with Gasteiger partial charge in [-0.2, -0.15) is 11.8 Å². The maximum Gasteiger partial charge on any atom is 0.269 e. The topological polar surface area (TPSA) is 88.8 Å². The predicted molar refractivity (Wildman–Crippen MR) is 133 cm³/mol. The molecular weight excluding hydrogens is 515 g/mol. The second-order valence-corrected chi connectivity index (χ2v) is 7.72. The van der Waals surface area contributed by atoms with Crippen LogP contribution >= 0.6 is 35.7 Å². The van der Waals surface area contributed by atoms with E-state index in [1.54, 1.807) is 12.1 Å². The first-order valence-electron chi connectivity index (χ1n) is 9.66. The standard InChI is InChI=1S/C21H26N4O3S.HI/c1-29-14-4-12-22-21(23-15-16-7-9-17(10-8-16)25(26)27)24-19-11-13-28-20-6-3-2-5-18(19)20;/h2-3,5-10,19H,4,11-15H2,1H3,(H2,22,23,24);1H. The maximum absolute atomic E-state index is 10.8. The smallest absolute Gasteiger partial charge is 0.269 e. The molecule has 162 valence electrons. The molecule has 1 atom stereocenters. The van der Waals surface area contributed by atoms with Crippen LogP contribution in [0, 0.1) is 10.1 Å². The van der Waals surface area contributed by atoms with Crippen molar-refractivity contribution < 1.29 is 9.66 Å². The second kappa shape index (κ2) is 12.6. The lowest BCUT2D eigenvalue weighted by Gasteiger charge is -2.28. The molecule has 30 heavy (non-hydrogen) atoms. The minimum Gasteiger partial charge on any atom is -0.493 e. The predicted octanol–water partition coefficient (Wildman–Crippen LogP) is 4.52. The van der Waals surface area contributed by atoms with Crippen molar-refractivity contribution in [3.8, 4) is 5.75 Å². The SMILES string of the molecule is CSCCCNC(=NCc1ccc([N+](=O)[O-])cc1)NC1CCOc2ccccc21.I. The highest BCUT2D eigenvalue weighted by Crippen LogP contribution is 2.31. The zero-order valence-electron chi connectivity index (χ0n) is 16.9. The molecule has 2 aromatic rings. The first-order valence-corrected chi connectivity index (χ1v) is 11.1. The van der Waals surface area contributed by atoms with E-state index in [2.05, 4.69) is 23.0 Å². The molecule has 9 heteroatoms. The normalized spacial score (nSPS) is 15.4. The molecule has 0 saturated carbocycles. The number of rotatable bonds is 8. The number of nitro groups is 1. The van der Waals surface area contributed by atoms with E-state index in [1.807, 2.05) is 30.0 Å². The number of nitro benzene ring substituents is 1. The molecule has 2 N–H and O–H groups in total. The lowest BCUT2D eigenvalue weighted by molar-refractivity contribution is -0.384. The van der Waals surface area contributed by atoms with Crippen LogP contribution in [0.1, 0.15) is 30.0 Å². The first kappa shape index (κ1) is 24.3. The van der Waals surface area contributed by atoms with E-state index >= 15 is 0 Å². The number of nitrogens with zero attached hydrogens (tertiary/aromatic N) is 2. The van der Waals surface area contributed by atoms with Gasteiger partial charge >= 0.3 is 0 Å². The minimum atomic E-state index is -0.393. The second-order valence-electron chi connectivity index (χ2n) is 6.73. The van der Waals surface area contributed by atoms with E-state index in [4.69, 9.17) is 9.73 Å². The molecule has 0 amide bonds. The summed E-state index contributed by atoms with van der Waals surface area (Å²) in [7, 11) is 0. The molecule has 1 heterocycles. The van der Waals surface area contributed by atoms with Gasteiger partial charge in [-0.25, -0.2) is 4.99 Å². The monoisotopic (exact) mass is 542 g/mol. The van der Waals surface area contributed by atoms with Crippen molar-refractivity contribution in [2.24, 2.45) is 4.99 Å². The fourth-order valence-corrected chi connectivity index (χ4v) is 3.56. The van der Waals surface area contributed by atoms with Crippen molar-refractivity contribution in [1.82, 2.24) is 10.6 Å². The summed E-state index contributed by atoms with van der Waals surface area (Å²) < 4.78 is 5.75. The number of thioether (sulfide) groups is 1. The fourth-order valence-electron chi connectivity index (χ4n) is 3.13. The van der Waals surface area contributed by atoms with Crippen LogP contribution in [0.25, 0.3) is 0 Å². The number of hydrogen-bond donors (Lipinski definition) is 2. The number of guanidine groups is 1. The fraction of sp³-hybridized carbons (Fsp3) is 0.381. The van der Waals surface area contributed by atoms with E-state index in [1.165, 1.54) is 12.1 Å². The van der Waals surface area contributed by atoms with Crippen LogP contribution < -0.4 is 15.4 Å². The third-order valence-corrected chi connectivity index (χ3v) is 5.35. The Morgan fingerprint density at radius 2 is 2.03 bits per heavy atom. The number of fused-ring (bicyclic) bond motifs is 1. The Morgan fingerprint density at radius 1 is 1.27 bits per heavy atom. The average Bonchev–Trinajstić information content (AvgIpc) is 2.75. The molecule has 2 aromatic carbocycles. The van der Waals surface area contributed by atoms with Gasteiger partial charge in [0.25, 0.3) is 5.69 Å². The van der Waals surface area contributed by atoms with Crippen molar-refractivity contribution >= 4 is 47.4 Å².